The van der Waals surface area contributed by atoms with E-state index < -0.39 is 0 Å². The summed E-state index contributed by atoms with van der Waals surface area (Å²) in [5, 5.41) is 2.11. The minimum absolute atomic E-state index is 0.456. The molecule has 0 atom stereocenters. The zero-order valence-corrected chi connectivity index (χ0v) is 12.9. The van der Waals surface area contributed by atoms with Crippen molar-refractivity contribution in [1.29, 1.82) is 0 Å². The number of likely N-dealkylation sites (N-methyl/N-ethyl adjacent to an activating group) is 1. The molecular formula is C15H18N2S2. The number of aryl methyl sites for hydroxylation is 1. The Morgan fingerprint density at radius 3 is 2.79 bits per heavy atom. The predicted octanol–water partition coefficient (Wildman–Crippen LogP) is 3.37. The average molecular weight is 290 g/mol. The second kappa shape index (κ2) is 6.17. The third kappa shape index (κ3) is 3.55. The summed E-state index contributed by atoms with van der Waals surface area (Å²) in [5.74, 6) is 0. The molecule has 0 unspecified atom stereocenters. The fraction of sp³-hybridized carbons (Fsp3) is 0.267. The lowest BCUT2D eigenvalue weighted by atomic mass is 10.1. The van der Waals surface area contributed by atoms with E-state index >= 15 is 0 Å². The first-order valence-corrected chi connectivity index (χ1v) is 7.50. The summed E-state index contributed by atoms with van der Waals surface area (Å²) in [5.41, 5.74) is 9.09. The number of thiocarbonyl (C=S) groups is 1. The Morgan fingerprint density at radius 1 is 1.37 bits per heavy atom. The SMILES string of the molecule is Cc1ccc(C(N)=S)c(N(C)CCc2cccs2)c1. The summed E-state index contributed by atoms with van der Waals surface area (Å²) >= 11 is 6.93. The number of thiophene rings is 1. The highest BCUT2D eigenvalue weighted by Crippen LogP contribution is 2.22. The van der Waals surface area contributed by atoms with Crippen molar-refractivity contribution in [1.82, 2.24) is 0 Å². The molecule has 2 nitrogen and oxygen atoms in total. The lowest BCUT2D eigenvalue weighted by molar-refractivity contribution is 0.886. The Balaban J connectivity index is 2.15. The molecular weight excluding hydrogens is 272 g/mol. The highest BCUT2D eigenvalue weighted by molar-refractivity contribution is 7.80. The minimum atomic E-state index is 0.456. The standard InChI is InChI=1S/C15H18N2S2/c1-11-5-6-13(15(16)18)14(10-11)17(2)8-7-12-4-3-9-19-12/h3-6,9-10H,7-8H2,1-2H3,(H2,16,18). The van der Waals surface area contributed by atoms with Crippen LogP contribution in [0, 0.1) is 6.92 Å². The van der Waals surface area contributed by atoms with Gasteiger partial charge in [-0.3, -0.25) is 0 Å². The third-order valence-corrected chi connectivity index (χ3v) is 4.26. The number of benzene rings is 1. The second-order valence-corrected chi connectivity index (χ2v) is 6.11. The quantitative estimate of drug-likeness (QED) is 0.856. The summed E-state index contributed by atoms with van der Waals surface area (Å²) in [6.45, 7) is 3.04. The van der Waals surface area contributed by atoms with Crippen molar-refractivity contribution in [3.8, 4) is 0 Å². The van der Waals surface area contributed by atoms with Crippen LogP contribution in [0.25, 0.3) is 0 Å². The summed E-state index contributed by atoms with van der Waals surface area (Å²) < 4.78 is 0. The van der Waals surface area contributed by atoms with Gasteiger partial charge in [0.2, 0.25) is 0 Å². The molecule has 4 heteroatoms. The lowest BCUT2D eigenvalue weighted by Gasteiger charge is -2.22. The molecule has 1 aromatic heterocycles. The van der Waals surface area contributed by atoms with Crippen LogP contribution in [-0.4, -0.2) is 18.6 Å². The van der Waals surface area contributed by atoms with E-state index in [1.165, 1.54) is 10.4 Å². The van der Waals surface area contributed by atoms with E-state index in [9.17, 15) is 0 Å². The first-order valence-electron chi connectivity index (χ1n) is 6.22. The first-order chi connectivity index (χ1) is 9.08. The molecule has 1 aromatic carbocycles. The third-order valence-electron chi connectivity index (χ3n) is 3.10. The highest BCUT2D eigenvalue weighted by Gasteiger charge is 2.10. The fourth-order valence-electron chi connectivity index (χ4n) is 2.02. The van der Waals surface area contributed by atoms with Gasteiger partial charge in [0.25, 0.3) is 0 Å². The smallest absolute Gasteiger partial charge is 0.106 e. The molecule has 0 saturated heterocycles. The number of hydrogen-bond donors (Lipinski definition) is 1. The van der Waals surface area contributed by atoms with Gasteiger partial charge in [-0.05, 0) is 42.5 Å². The van der Waals surface area contributed by atoms with Crippen LogP contribution in [0.2, 0.25) is 0 Å². The van der Waals surface area contributed by atoms with E-state index in [0.29, 0.717) is 4.99 Å². The molecule has 0 radical (unpaired) electrons. The molecule has 0 saturated carbocycles. The van der Waals surface area contributed by atoms with Crippen LogP contribution in [-0.2, 0) is 6.42 Å². The molecule has 19 heavy (non-hydrogen) atoms. The van der Waals surface area contributed by atoms with Crippen molar-refractivity contribution in [2.45, 2.75) is 13.3 Å². The van der Waals surface area contributed by atoms with E-state index in [4.69, 9.17) is 18.0 Å². The highest BCUT2D eigenvalue weighted by atomic mass is 32.1. The molecule has 0 aliphatic heterocycles. The van der Waals surface area contributed by atoms with Crippen LogP contribution in [0.5, 0.6) is 0 Å². The number of nitrogens with zero attached hydrogens (tertiary/aromatic N) is 1. The topological polar surface area (TPSA) is 29.3 Å². The number of rotatable bonds is 5. The number of anilines is 1. The van der Waals surface area contributed by atoms with Gasteiger partial charge >= 0.3 is 0 Å². The van der Waals surface area contributed by atoms with Crippen molar-refractivity contribution in [3.63, 3.8) is 0 Å². The summed E-state index contributed by atoms with van der Waals surface area (Å²) in [7, 11) is 2.09. The van der Waals surface area contributed by atoms with Crippen molar-refractivity contribution in [3.05, 3.63) is 51.7 Å². The Labute approximate surface area is 123 Å². The van der Waals surface area contributed by atoms with E-state index in [0.717, 1.165) is 24.2 Å². The molecule has 0 aliphatic carbocycles. The molecule has 0 amide bonds. The molecule has 2 rings (SSSR count). The summed E-state index contributed by atoms with van der Waals surface area (Å²) in [6.07, 6.45) is 1.04. The van der Waals surface area contributed by atoms with Gasteiger partial charge < -0.3 is 10.6 Å². The van der Waals surface area contributed by atoms with Crippen LogP contribution in [0.3, 0.4) is 0 Å². The monoisotopic (exact) mass is 290 g/mol. The van der Waals surface area contributed by atoms with Gasteiger partial charge in [-0.1, -0.05) is 24.4 Å². The van der Waals surface area contributed by atoms with Crippen LogP contribution >= 0.6 is 23.6 Å². The largest absolute Gasteiger partial charge is 0.389 e. The van der Waals surface area contributed by atoms with E-state index in [1.54, 1.807) is 11.3 Å². The Bertz CT molecular complexity index is 562. The zero-order valence-electron chi connectivity index (χ0n) is 11.2. The lowest BCUT2D eigenvalue weighted by Crippen LogP contribution is -2.24. The van der Waals surface area contributed by atoms with Gasteiger partial charge in [0, 0.05) is 29.7 Å². The Morgan fingerprint density at radius 2 is 2.16 bits per heavy atom. The predicted molar refractivity (Wildman–Crippen MR) is 88.4 cm³/mol. The molecule has 0 aliphatic rings. The molecule has 0 fully saturated rings. The minimum Gasteiger partial charge on any atom is -0.389 e. The number of hydrogen-bond acceptors (Lipinski definition) is 3. The average Bonchev–Trinajstić information content (AvgIpc) is 2.88. The van der Waals surface area contributed by atoms with Gasteiger partial charge in [0.1, 0.15) is 4.99 Å². The second-order valence-electron chi connectivity index (χ2n) is 4.64. The molecule has 0 bridgehead atoms. The van der Waals surface area contributed by atoms with Crippen molar-refractivity contribution in [2.24, 2.45) is 5.73 Å². The summed E-state index contributed by atoms with van der Waals surface area (Å²) in [6, 6.07) is 10.5. The Kier molecular flexibility index (Phi) is 4.56. The normalized spacial score (nSPS) is 10.4. The van der Waals surface area contributed by atoms with Gasteiger partial charge in [0.15, 0.2) is 0 Å². The van der Waals surface area contributed by atoms with E-state index in [2.05, 4.69) is 42.5 Å². The van der Waals surface area contributed by atoms with Crippen molar-refractivity contribution < 1.29 is 0 Å². The molecule has 1 heterocycles. The summed E-state index contributed by atoms with van der Waals surface area (Å²) in [4.78, 5) is 4.08. The van der Waals surface area contributed by atoms with Gasteiger partial charge in [-0.2, -0.15) is 0 Å². The maximum atomic E-state index is 5.80. The molecule has 2 N–H and O–H groups in total. The van der Waals surface area contributed by atoms with Crippen molar-refractivity contribution in [2.75, 3.05) is 18.5 Å². The molecule has 2 aromatic rings. The maximum Gasteiger partial charge on any atom is 0.106 e. The van der Waals surface area contributed by atoms with Gasteiger partial charge in [-0.25, -0.2) is 0 Å². The van der Waals surface area contributed by atoms with Crippen molar-refractivity contribution >= 4 is 34.2 Å². The van der Waals surface area contributed by atoms with Crippen LogP contribution < -0.4 is 10.6 Å². The van der Waals surface area contributed by atoms with E-state index in [1.807, 2.05) is 12.1 Å². The number of nitrogens with two attached hydrogens (primary N) is 1. The van der Waals surface area contributed by atoms with Crippen LogP contribution in [0.4, 0.5) is 5.69 Å². The van der Waals surface area contributed by atoms with Crippen LogP contribution in [0.1, 0.15) is 16.0 Å². The van der Waals surface area contributed by atoms with Gasteiger partial charge in [-0.15, -0.1) is 11.3 Å². The van der Waals surface area contributed by atoms with E-state index in [-0.39, 0.29) is 0 Å². The molecule has 100 valence electrons. The first kappa shape index (κ1) is 14.0. The van der Waals surface area contributed by atoms with Crippen LogP contribution in [0.15, 0.2) is 35.7 Å². The maximum absolute atomic E-state index is 5.80. The van der Waals surface area contributed by atoms with Gasteiger partial charge in [0.05, 0.1) is 0 Å². The Hall–Kier alpha value is -1.39. The fourth-order valence-corrected chi connectivity index (χ4v) is 2.89. The molecule has 0 spiro atoms. The zero-order chi connectivity index (χ0) is 13.8.